The molecule has 1 heterocycles. The van der Waals surface area contributed by atoms with Crippen LogP contribution in [0.15, 0.2) is 53.1 Å². The Labute approximate surface area is 115 Å². The molecule has 3 nitrogen and oxygen atoms in total. The van der Waals surface area contributed by atoms with Gasteiger partial charge in [0.1, 0.15) is 5.69 Å². The lowest BCUT2D eigenvalue weighted by Gasteiger charge is -2.17. The number of benzene rings is 1. The molecule has 2 rings (SSSR count). The van der Waals surface area contributed by atoms with Gasteiger partial charge in [0.05, 0.1) is 0 Å². The van der Waals surface area contributed by atoms with Gasteiger partial charge < -0.3 is 4.90 Å². The molecule has 0 aliphatic carbocycles. The quantitative estimate of drug-likeness (QED) is 0.873. The SMILES string of the molecule is CN(Cc1ccccc1)C(=O)c1ncccc1Br. The summed E-state index contributed by atoms with van der Waals surface area (Å²) in [4.78, 5) is 18.0. The topological polar surface area (TPSA) is 33.2 Å². The molecule has 92 valence electrons. The fourth-order valence-electron chi connectivity index (χ4n) is 1.65. The molecular weight excluding hydrogens is 292 g/mol. The van der Waals surface area contributed by atoms with E-state index in [0.717, 1.165) is 10.0 Å². The van der Waals surface area contributed by atoms with Crippen LogP contribution in [0.3, 0.4) is 0 Å². The van der Waals surface area contributed by atoms with Gasteiger partial charge in [-0.25, -0.2) is 4.98 Å². The number of halogens is 1. The van der Waals surface area contributed by atoms with Gasteiger partial charge in [-0.2, -0.15) is 0 Å². The second-order valence-electron chi connectivity index (χ2n) is 3.98. The van der Waals surface area contributed by atoms with E-state index in [1.807, 2.05) is 36.4 Å². The summed E-state index contributed by atoms with van der Waals surface area (Å²) in [6.45, 7) is 0.572. The number of pyridine rings is 1. The molecule has 18 heavy (non-hydrogen) atoms. The molecule has 2 aromatic rings. The molecule has 0 N–H and O–H groups in total. The lowest BCUT2D eigenvalue weighted by molar-refractivity contribution is 0.0778. The van der Waals surface area contributed by atoms with Crippen molar-refractivity contribution in [2.24, 2.45) is 0 Å². The van der Waals surface area contributed by atoms with E-state index in [1.54, 1.807) is 24.2 Å². The summed E-state index contributed by atoms with van der Waals surface area (Å²) in [6, 6.07) is 13.5. The van der Waals surface area contributed by atoms with Crippen molar-refractivity contribution in [3.8, 4) is 0 Å². The Bertz CT molecular complexity index is 543. The fourth-order valence-corrected chi connectivity index (χ4v) is 2.08. The molecule has 0 bridgehead atoms. The van der Waals surface area contributed by atoms with Crippen LogP contribution in [0.5, 0.6) is 0 Å². The Kier molecular flexibility index (Phi) is 4.10. The largest absolute Gasteiger partial charge is 0.336 e. The first kappa shape index (κ1) is 12.8. The second kappa shape index (κ2) is 5.78. The van der Waals surface area contributed by atoms with Crippen molar-refractivity contribution in [3.05, 3.63) is 64.4 Å². The number of hydrogen-bond acceptors (Lipinski definition) is 2. The first-order valence-corrected chi connectivity index (χ1v) is 6.37. The average molecular weight is 305 g/mol. The van der Waals surface area contributed by atoms with E-state index in [-0.39, 0.29) is 5.91 Å². The summed E-state index contributed by atoms with van der Waals surface area (Å²) in [5, 5.41) is 0. The van der Waals surface area contributed by atoms with Crippen molar-refractivity contribution < 1.29 is 4.79 Å². The van der Waals surface area contributed by atoms with E-state index in [9.17, 15) is 4.79 Å². The van der Waals surface area contributed by atoms with Gasteiger partial charge >= 0.3 is 0 Å². The number of carbonyl (C=O) groups excluding carboxylic acids is 1. The van der Waals surface area contributed by atoms with Crippen LogP contribution < -0.4 is 0 Å². The van der Waals surface area contributed by atoms with Gasteiger partial charge in [-0.3, -0.25) is 4.79 Å². The van der Waals surface area contributed by atoms with Gasteiger partial charge in [-0.05, 0) is 33.6 Å². The highest BCUT2D eigenvalue weighted by Gasteiger charge is 2.15. The highest BCUT2D eigenvalue weighted by Crippen LogP contribution is 2.15. The number of aromatic nitrogens is 1. The molecule has 0 atom stereocenters. The standard InChI is InChI=1S/C14H13BrN2O/c1-17(10-11-6-3-2-4-7-11)14(18)13-12(15)8-5-9-16-13/h2-9H,10H2,1H3. The van der Waals surface area contributed by atoms with Gasteiger partial charge in [0.25, 0.3) is 5.91 Å². The molecule has 0 saturated heterocycles. The Morgan fingerprint density at radius 2 is 1.94 bits per heavy atom. The minimum atomic E-state index is -0.0914. The van der Waals surface area contributed by atoms with Gasteiger partial charge in [0, 0.05) is 24.3 Å². The minimum absolute atomic E-state index is 0.0914. The summed E-state index contributed by atoms with van der Waals surface area (Å²) < 4.78 is 0.718. The molecule has 0 radical (unpaired) electrons. The van der Waals surface area contributed by atoms with Crippen LogP contribution in [0.25, 0.3) is 0 Å². The Balaban J connectivity index is 2.13. The van der Waals surface area contributed by atoms with Crippen molar-refractivity contribution in [3.63, 3.8) is 0 Å². The number of amides is 1. The fraction of sp³-hybridized carbons (Fsp3) is 0.143. The Morgan fingerprint density at radius 3 is 2.61 bits per heavy atom. The second-order valence-corrected chi connectivity index (χ2v) is 4.83. The van der Waals surface area contributed by atoms with Crippen LogP contribution in [-0.2, 0) is 6.54 Å². The van der Waals surface area contributed by atoms with E-state index < -0.39 is 0 Å². The van der Waals surface area contributed by atoms with E-state index in [2.05, 4.69) is 20.9 Å². The van der Waals surface area contributed by atoms with Gasteiger partial charge in [0.15, 0.2) is 0 Å². The lowest BCUT2D eigenvalue weighted by Crippen LogP contribution is -2.27. The van der Waals surface area contributed by atoms with Crippen LogP contribution in [0, 0.1) is 0 Å². The van der Waals surface area contributed by atoms with Gasteiger partial charge in [-0.1, -0.05) is 30.3 Å². The van der Waals surface area contributed by atoms with Gasteiger partial charge in [-0.15, -0.1) is 0 Å². The van der Waals surface area contributed by atoms with E-state index in [4.69, 9.17) is 0 Å². The smallest absolute Gasteiger partial charge is 0.273 e. The molecule has 0 unspecified atom stereocenters. The molecule has 0 spiro atoms. The normalized spacial score (nSPS) is 10.1. The summed E-state index contributed by atoms with van der Waals surface area (Å²) in [5.74, 6) is -0.0914. The van der Waals surface area contributed by atoms with E-state index in [0.29, 0.717) is 12.2 Å². The predicted octanol–water partition coefficient (Wildman–Crippen LogP) is 3.12. The summed E-state index contributed by atoms with van der Waals surface area (Å²) in [6.07, 6.45) is 1.62. The van der Waals surface area contributed by atoms with Crippen molar-refractivity contribution in [2.75, 3.05) is 7.05 Å². The van der Waals surface area contributed by atoms with Crippen LogP contribution in [-0.4, -0.2) is 22.8 Å². The van der Waals surface area contributed by atoms with Crippen molar-refractivity contribution in [1.82, 2.24) is 9.88 Å². The molecule has 1 amide bonds. The third-order valence-electron chi connectivity index (χ3n) is 2.57. The van der Waals surface area contributed by atoms with Crippen molar-refractivity contribution >= 4 is 21.8 Å². The highest BCUT2D eigenvalue weighted by atomic mass is 79.9. The molecular formula is C14H13BrN2O. The summed E-state index contributed by atoms with van der Waals surface area (Å²) in [5.41, 5.74) is 1.54. The third-order valence-corrected chi connectivity index (χ3v) is 3.21. The third kappa shape index (κ3) is 2.96. The number of nitrogens with zero attached hydrogens (tertiary/aromatic N) is 2. The summed E-state index contributed by atoms with van der Waals surface area (Å²) in [7, 11) is 1.77. The minimum Gasteiger partial charge on any atom is -0.336 e. The first-order valence-electron chi connectivity index (χ1n) is 5.58. The zero-order valence-corrected chi connectivity index (χ0v) is 11.6. The van der Waals surface area contributed by atoms with Crippen LogP contribution in [0.2, 0.25) is 0 Å². The lowest BCUT2D eigenvalue weighted by atomic mass is 10.2. The molecule has 0 fully saturated rings. The Hall–Kier alpha value is -1.68. The molecule has 4 heteroatoms. The zero-order valence-electron chi connectivity index (χ0n) is 10.0. The number of rotatable bonds is 3. The van der Waals surface area contributed by atoms with Gasteiger partial charge in [0.2, 0.25) is 0 Å². The number of hydrogen-bond donors (Lipinski definition) is 0. The highest BCUT2D eigenvalue weighted by molar-refractivity contribution is 9.10. The molecule has 0 aliphatic heterocycles. The average Bonchev–Trinajstić information content (AvgIpc) is 2.39. The molecule has 0 aliphatic rings. The summed E-state index contributed by atoms with van der Waals surface area (Å²) >= 11 is 3.34. The van der Waals surface area contributed by atoms with Crippen molar-refractivity contribution in [2.45, 2.75) is 6.54 Å². The monoisotopic (exact) mass is 304 g/mol. The van der Waals surface area contributed by atoms with Crippen LogP contribution in [0.4, 0.5) is 0 Å². The van der Waals surface area contributed by atoms with E-state index >= 15 is 0 Å². The maximum absolute atomic E-state index is 12.2. The first-order chi connectivity index (χ1) is 8.68. The van der Waals surface area contributed by atoms with E-state index in [1.165, 1.54) is 0 Å². The van der Waals surface area contributed by atoms with Crippen LogP contribution in [0.1, 0.15) is 16.1 Å². The molecule has 1 aromatic heterocycles. The number of carbonyl (C=O) groups is 1. The zero-order chi connectivity index (χ0) is 13.0. The predicted molar refractivity (Wildman–Crippen MR) is 74.2 cm³/mol. The molecule has 0 saturated carbocycles. The van der Waals surface area contributed by atoms with Crippen molar-refractivity contribution in [1.29, 1.82) is 0 Å². The maximum Gasteiger partial charge on any atom is 0.273 e. The Morgan fingerprint density at radius 1 is 1.22 bits per heavy atom. The van der Waals surface area contributed by atoms with Crippen LogP contribution >= 0.6 is 15.9 Å². The maximum atomic E-state index is 12.2. The molecule has 1 aromatic carbocycles.